The van der Waals surface area contributed by atoms with Crippen LogP contribution in [0, 0.1) is 20.8 Å². The van der Waals surface area contributed by atoms with E-state index in [2.05, 4.69) is 33.0 Å². The number of aromatic nitrogens is 3. The summed E-state index contributed by atoms with van der Waals surface area (Å²) in [6, 6.07) is 7.72. The average molecular weight is 409 g/mol. The van der Waals surface area contributed by atoms with Gasteiger partial charge < -0.3 is 10.1 Å². The zero-order valence-electron chi connectivity index (χ0n) is 19.1. The molecule has 2 heterocycles. The molecule has 1 amide bonds. The Morgan fingerprint density at radius 3 is 2.50 bits per heavy atom. The second-order valence-corrected chi connectivity index (χ2v) is 8.76. The molecule has 1 aromatic carbocycles. The molecule has 160 valence electrons. The molecular weight excluding hydrogens is 376 g/mol. The molecule has 0 aliphatic carbocycles. The van der Waals surface area contributed by atoms with E-state index in [1.54, 1.807) is 7.11 Å². The average Bonchev–Trinajstić information content (AvgIpc) is 3.03. The van der Waals surface area contributed by atoms with Gasteiger partial charge in [-0.25, -0.2) is 9.67 Å². The van der Waals surface area contributed by atoms with Crippen LogP contribution in [0.1, 0.15) is 55.3 Å². The fraction of sp³-hybridized carbons (Fsp3) is 0.458. The first-order valence-electron chi connectivity index (χ1n) is 10.4. The van der Waals surface area contributed by atoms with Crippen molar-refractivity contribution in [1.29, 1.82) is 0 Å². The van der Waals surface area contributed by atoms with Gasteiger partial charge in [-0.3, -0.25) is 4.79 Å². The third-order valence-electron chi connectivity index (χ3n) is 5.48. The van der Waals surface area contributed by atoms with Crippen LogP contribution in [0.2, 0.25) is 0 Å². The molecule has 0 bridgehead atoms. The molecule has 0 fully saturated rings. The molecule has 1 N–H and O–H groups in total. The zero-order chi connectivity index (χ0) is 22.1. The number of carbonyl (C=O) groups is 1. The van der Waals surface area contributed by atoms with E-state index in [1.807, 2.05) is 42.8 Å². The van der Waals surface area contributed by atoms with Gasteiger partial charge in [-0.05, 0) is 65.2 Å². The van der Waals surface area contributed by atoms with Gasteiger partial charge in [0.05, 0.1) is 18.3 Å². The number of rotatable bonds is 6. The molecule has 6 heteroatoms. The SMILES string of the molecule is COc1ccccc1CNC(=O)CCc1c(C)nc2c(c(C)nn2C(C)(C)C)c1C. The first kappa shape index (κ1) is 21.8. The molecule has 0 unspecified atom stereocenters. The molecule has 0 saturated heterocycles. The van der Waals surface area contributed by atoms with E-state index in [9.17, 15) is 4.79 Å². The molecule has 0 atom stereocenters. The van der Waals surface area contributed by atoms with Gasteiger partial charge in [0.15, 0.2) is 5.65 Å². The lowest BCUT2D eigenvalue weighted by Gasteiger charge is -2.20. The number of nitrogens with zero attached hydrogens (tertiary/aromatic N) is 3. The summed E-state index contributed by atoms with van der Waals surface area (Å²) < 4.78 is 7.35. The van der Waals surface area contributed by atoms with Crippen LogP contribution in [0.25, 0.3) is 11.0 Å². The van der Waals surface area contributed by atoms with Crippen molar-refractivity contribution in [2.24, 2.45) is 0 Å². The number of pyridine rings is 1. The van der Waals surface area contributed by atoms with Crippen LogP contribution in [0.5, 0.6) is 5.75 Å². The Morgan fingerprint density at radius 2 is 1.83 bits per heavy atom. The quantitative estimate of drug-likeness (QED) is 0.658. The van der Waals surface area contributed by atoms with E-state index >= 15 is 0 Å². The third kappa shape index (κ3) is 4.32. The van der Waals surface area contributed by atoms with E-state index in [0.717, 1.165) is 39.3 Å². The normalized spacial score (nSPS) is 11.7. The number of hydrogen-bond acceptors (Lipinski definition) is 4. The predicted molar refractivity (Wildman–Crippen MR) is 120 cm³/mol. The highest BCUT2D eigenvalue weighted by Gasteiger charge is 2.23. The van der Waals surface area contributed by atoms with Crippen molar-refractivity contribution in [2.75, 3.05) is 7.11 Å². The van der Waals surface area contributed by atoms with Gasteiger partial charge in [-0.15, -0.1) is 0 Å². The number of amides is 1. The molecule has 3 rings (SSSR count). The predicted octanol–water partition coefficient (Wildman–Crippen LogP) is 4.37. The lowest BCUT2D eigenvalue weighted by atomic mass is 9.99. The fourth-order valence-corrected chi connectivity index (χ4v) is 3.91. The van der Waals surface area contributed by atoms with Crippen LogP contribution in [-0.2, 0) is 23.3 Å². The second-order valence-electron chi connectivity index (χ2n) is 8.76. The lowest BCUT2D eigenvalue weighted by Crippen LogP contribution is -2.24. The van der Waals surface area contributed by atoms with Crippen molar-refractivity contribution in [3.05, 3.63) is 52.3 Å². The van der Waals surface area contributed by atoms with Crippen molar-refractivity contribution >= 4 is 16.9 Å². The van der Waals surface area contributed by atoms with Crippen molar-refractivity contribution in [2.45, 2.75) is 66.5 Å². The number of aryl methyl sites for hydroxylation is 3. The number of carbonyl (C=O) groups excluding carboxylic acids is 1. The van der Waals surface area contributed by atoms with E-state index in [0.29, 0.717) is 19.4 Å². The van der Waals surface area contributed by atoms with E-state index < -0.39 is 0 Å². The van der Waals surface area contributed by atoms with Gasteiger partial charge in [0.1, 0.15) is 5.75 Å². The maximum atomic E-state index is 12.5. The summed E-state index contributed by atoms with van der Waals surface area (Å²) >= 11 is 0. The summed E-state index contributed by atoms with van der Waals surface area (Å²) in [5.41, 5.74) is 5.98. The summed E-state index contributed by atoms with van der Waals surface area (Å²) in [4.78, 5) is 17.4. The number of ether oxygens (including phenoxy) is 1. The van der Waals surface area contributed by atoms with E-state index in [1.165, 1.54) is 5.56 Å². The van der Waals surface area contributed by atoms with Gasteiger partial charge in [-0.2, -0.15) is 5.10 Å². The van der Waals surface area contributed by atoms with Gasteiger partial charge in [0, 0.05) is 29.6 Å². The monoisotopic (exact) mass is 408 g/mol. The van der Waals surface area contributed by atoms with E-state index in [4.69, 9.17) is 14.8 Å². The fourth-order valence-electron chi connectivity index (χ4n) is 3.91. The Hall–Kier alpha value is -2.89. The molecule has 0 aliphatic heterocycles. The molecular formula is C24H32N4O2. The summed E-state index contributed by atoms with van der Waals surface area (Å²) in [6.45, 7) is 13.0. The molecule has 30 heavy (non-hydrogen) atoms. The minimum atomic E-state index is -0.141. The molecule has 0 saturated carbocycles. The highest BCUT2D eigenvalue weighted by atomic mass is 16.5. The van der Waals surface area contributed by atoms with E-state index in [-0.39, 0.29) is 11.4 Å². The molecule has 0 radical (unpaired) electrons. The van der Waals surface area contributed by atoms with Gasteiger partial charge in [-0.1, -0.05) is 18.2 Å². The maximum absolute atomic E-state index is 12.5. The molecule has 0 spiro atoms. The molecule has 0 aliphatic rings. The van der Waals surface area contributed by atoms with Crippen molar-refractivity contribution in [1.82, 2.24) is 20.1 Å². The first-order valence-corrected chi connectivity index (χ1v) is 10.4. The van der Waals surface area contributed by atoms with Crippen molar-refractivity contribution in [3.8, 4) is 5.75 Å². The summed E-state index contributed by atoms with van der Waals surface area (Å²) in [7, 11) is 1.64. The van der Waals surface area contributed by atoms with Gasteiger partial charge in [0.25, 0.3) is 0 Å². The standard InChI is InChI=1S/C24H32N4O2/c1-15-19(12-13-21(29)25-14-18-10-8-9-11-20(18)30-7)16(2)26-23-22(15)17(3)27-28(23)24(4,5)6/h8-11H,12-14H2,1-7H3,(H,25,29). The van der Waals surface area contributed by atoms with Crippen molar-refractivity contribution < 1.29 is 9.53 Å². The smallest absolute Gasteiger partial charge is 0.220 e. The van der Waals surface area contributed by atoms with Gasteiger partial charge >= 0.3 is 0 Å². The zero-order valence-corrected chi connectivity index (χ0v) is 19.1. The van der Waals surface area contributed by atoms with Crippen LogP contribution >= 0.6 is 0 Å². The minimum Gasteiger partial charge on any atom is -0.496 e. The Labute approximate surface area is 178 Å². The van der Waals surface area contributed by atoms with Crippen LogP contribution in [0.3, 0.4) is 0 Å². The Kier molecular flexibility index (Phi) is 6.15. The molecule has 2 aromatic heterocycles. The number of para-hydroxylation sites is 1. The minimum absolute atomic E-state index is 0.0157. The summed E-state index contributed by atoms with van der Waals surface area (Å²) in [6.07, 6.45) is 1.06. The summed E-state index contributed by atoms with van der Waals surface area (Å²) in [5, 5.41) is 8.84. The van der Waals surface area contributed by atoms with Crippen LogP contribution in [0.15, 0.2) is 24.3 Å². The Bertz CT molecular complexity index is 1080. The Balaban J connectivity index is 1.76. The number of benzene rings is 1. The van der Waals surface area contributed by atoms with Crippen LogP contribution < -0.4 is 10.1 Å². The number of methoxy groups -OCH3 is 1. The highest BCUT2D eigenvalue weighted by molar-refractivity contribution is 5.84. The van der Waals surface area contributed by atoms with Gasteiger partial charge in [0.2, 0.25) is 5.91 Å². The second kappa shape index (κ2) is 8.46. The Morgan fingerprint density at radius 1 is 1.13 bits per heavy atom. The van der Waals surface area contributed by atoms with Crippen LogP contribution in [-0.4, -0.2) is 27.8 Å². The highest BCUT2D eigenvalue weighted by Crippen LogP contribution is 2.29. The number of fused-ring (bicyclic) bond motifs is 1. The number of hydrogen-bond donors (Lipinski definition) is 1. The largest absolute Gasteiger partial charge is 0.496 e. The lowest BCUT2D eigenvalue weighted by molar-refractivity contribution is -0.121. The topological polar surface area (TPSA) is 69.0 Å². The third-order valence-corrected chi connectivity index (χ3v) is 5.48. The van der Waals surface area contributed by atoms with Crippen LogP contribution in [0.4, 0.5) is 0 Å². The molecule has 3 aromatic rings. The van der Waals surface area contributed by atoms with Crippen molar-refractivity contribution in [3.63, 3.8) is 0 Å². The maximum Gasteiger partial charge on any atom is 0.220 e. The molecule has 6 nitrogen and oxygen atoms in total. The number of nitrogens with one attached hydrogen (secondary N) is 1. The summed E-state index contributed by atoms with van der Waals surface area (Å²) in [5.74, 6) is 0.799. The first-order chi connectivity index (χ1) is 14.1.